The predicted octanol–water partition coefficient (Wildman–Crippen LogP) is 2.81. The van der Waals surface area contributed by atoms with E-state index in [-0.39, 0.29) is 24.2 Å². The number of piperidine rings is 1. The number of nitrogens with one attached hydrogen (secondary N) is 1. The molecule has 0 atom stereocenters. The maximum atomic E-state index is 12.6. The van der Waals surface area contributed by atoms with E-state index in [2.05, 4.69) is 5.32 Å². The van der Waals surface area contributed by atoms with Gasteiger partial charge in [0.05, 0.1) is 12.3 Å². The topological polar surface area (TPSA) is 84.7 Å². The van der Waals surface area contributed by atoms with Crippen LogP contribution in [0.5, 0.6) is 5.75 Å². The van der Waals surface area contributed by atoms with Crippen molar-refractivity contribution in [2.24, 2.45) is 5.73 Å². The van der Waals surface area contributed by atoms with Crippen molar-refractivity contribution in [1.29, 1.82) is 0 Å². The fourth-order valence-electron chi connectivity index (χ4n) is 2.80. The number of rotatable bonds is 7. The average Bonchev–Trinajstić information content (AvgIpc) is 2.61. The van der Waals surface area contributed by atoms with Gasteiger partial charge in [0.25, 0.3) is 5.91 Å². The minimum atomic E-state index is -0.121. The largest absolute Gasteiger partial charge is 0.492 e. The first kappa shape index (κ1) is 21.3. The van der Waals surface area contributed by atoms with Crippen LogP contribution in [0.2, 0.25) is 0 Å². The molecule has 0 bridgehead atoms. The molecule has 1 saturated heterocycles. The summed E-state index contributed by atoms with van der Waals surface area (Å²) in [6, 6.07) is 5.22. The Morgan fingerprint density at radius 3 is 2.60 bits per heavy atom. The summed E-state index contributed by atoms with van der Waals surface area (Å²) in [5, 5.41) is 2.84. The van der Waals surface area contributed by atoms with Gasteiger partial charge in [0.2, 0.25) is 5.91 Å². The lowest BCUT2D eigenvalue weighted by atomic mass is 10.1. The van der Waals surface area contributed by atoms with E-state index < -0.39 is 0 Å². The lowest BCUT2D eigenvalue weighted by Gasteiger charge is -2.27. The van der Waals surface area contributed by atoms with Gasteiger partial charge < -0.3 is 20.7 Å². The van der Waals surface area contributed by atoms with Crippen LogP contribution >= 0.6 is 12.4 Å². The first-order valence-electron chi connectivity index (χ1n) is 8.71. The standard InChI is InChI=1S/C18H27N3O3.ClH/c1-2-24-16-9-8-14(18(23)21-11-4-3-5-12-21)13-15(16)20-17(22)7-6-10-19;/h8-9,13H,2-7,10-12,19H2,1H3,(H,20,22);1H. The lowest BCUT2D eigenvalue weighted by Crippen LogP contribution is -2.35. The molecule has 0 unspecified atom stereocenters. The number of carbonyl (C=O) groups excluding carboxylic acids is 2. The zero-order valence-corrected chi connectivity index (χ0v) is 15.6. The van der Waals surface area contributed by atoms with Crippen molar-refractivity contribution >= 4 is 29.9 Å². The number of likely N-dealkylation sites (tertiary alicyclic amines) is 1. The molecule has 3 N–H and O–H groups in total. The van der Waals surface area contributed by atoms with Crippen LogP contribution in [-0.2, 0) is 4.79 Å². The van der Waals surface area contributed by atoms with Crippen LogP contribution in [0.25, 0.3) is 0 Å². The van der Waals surface area contributed by atoms with Crippen LogP contribution in [-0.4, -0.2) is 43.0 Å². The fraction of sp³-hybridized carbons (Fsp3) is 0.556. The van der Waals surface area contributed by atoms with Crippen molar-refractivity contribution in [3.05, 3.63) is 23.8 Å². The third-order valence-electron chi connectivity index (χ3n) is 4.05. The molecule has 7 heteroatoms. The Bertz CT molecular complexity index is 575. The van der Waals surface area contributed by atoms with Crippen LogP contribution in [0.1, 0.15) is 49.4 Å². The Hall–Kier alpha value is -1.79. The summed E-state index contributed by atoms with van der Waals surface area (Å²) in [5.41, 5.74) is 6.56. The minimum Gasteiger partial charge on any atom is -0.492 e. The second-order valence-electron chi connectivity index (χ2n) is 5.94. The highest BCUT2D eigenvalue weighted by Crippen LogP contribution is 2.27. The average molecular weight is 370 g/mol. The number of ether oxygens (including phenoxy) is 1. The summed E-state index contributed by atoms with van der Waals surface area (Å²) in [7, 11) is 0. The van der Waals surface area contributed by atoms with E-state index in [9.17, 15) is 9.59 Å². The minimum absolute atomic E-state index is 0. The Kier molecular flexibility index (Phi) is 9.31. The maximum Gasteiger partial charge on any atom is 0.253 e. The summed E-state index contributed by atoms with van der Waals surface area (Å²) < 4.78 is 5.56. The zero-order valence-electron chi connectivity index (χ0n) is 14.8. The van der Waals surface area contributed by atoms with Gasteiger partial charge in [-0.3, -0.25) is 9.59 Å². The third kappa shape index (κ3) is 6.21. The molecule has 140 valence electrons. The fourth-order valence-corrected chi connectivity index (χ4v) is 2.80. The number of nitrogens with zero attached hydrogens (tertiary/aromatic N) is 1. The predicted molar refractivity (Wildman–Crippen MR) is 102 cm³/mol. The SMILES string of the molecule is CCOc1ccc(C(=O)N2CCCCC2)cc1NC(=O)CCCN.Cl. The number of amides is 2. The highest BCUT2D eigenvalue weighted by atomic mass is 35.5. The van der Waals surface area contributed by atoms with Gasteiger partial charge in [-0.15, -0.1) is 12.4 Å². The molecule has 1 heterocycles. The van der Waals surface area contributed by atoms with E-state index in [0.29, 0.717) is 43.0 Å². The summed E-state index contributed by atoms with van der Waals surface area (Å²) in [6.45, 7) is 4.44. The number of hydrogen-bond donors (Lipinski definition) is 2. The number of benzene rings is 1. The summed E-state index contributed by atoms with van der Waals surface area (Å²) in [4.78, 5) is 26.5. The van der Waals surface area contributed by atoms with Crippen LogP contribution < -0.4 is 15.8 Å². The van der Waals surface area contributed by atoms with Crippen molar-refractivity contribution in [2.45, 2.75) is 39.0 Å². The van der Waals surface area contributed by atoms with Crippen LogP contribution in [0.4, 0.5) is 5.69 Å². The van der Waals surface area contributed by atoms with Crippen molar-refractivity contribution in [1.82, 2.24) is 4.90 Å². The molecule has 1 aliphatic heterocycles. The Labute approximate surface area is 155 Å². The molecule has 1 aromatic carbocycles. The maximum absolute atomic E-state index is 12.6. The summed E-state index contributed by atoms with van der Waals surface area (Å²) >= 11 is 0. The van der Waals surface area contributed by atoms with Crippen LogP contribution in [0.3, 0.4) is 0 Å². The third-order valence-corrected chi connectivity index (χ3v) is 4.05. The van der Waals surface area contributed by atoms with Crippen molar-refractivity contribution < 1.29 is 14.3 Å². The summed E-state index contributed by atoms with van der Waals surface area (Å²) in [6.07, 6.45) is 4.25. The van der Waals surface area contributed by atoms with Gasteiger partial charge in [-0.05, 0) is 57.4 Å². The first-order chi connectivity index (χ1) is 11.7. The smallest absolute Gasteiger partial charge is 0.253 e. The van der Waals surface area contributed by atoms with Gasteiger partial charge in [0.1, 0.15) is 5.75 Å². The highest BCUT2D eigenvalue weighted by Gasteiger charge is 2.20. The molecule has 1 fully saturated rings. The molecule has 2 rings (SSSR count). The summed E-state index contributed by atoms with van der Waals surface area (Å²) in [5.74, 6) is 0.466. The molecule has 25 heavy (non-hydrogen) atoms. The molecule has 0 saturated carbocycles. The van der Waals surface area contributed by atoms with Gasteiger partial charge in [0.15, 0.2) is 0 Å². The molecule has 0 radical (unpaired) electrons. The van der Waals surface area contributed by atoms with Crippen molar-refractivity contribution in [3.8, 4) is 5.75 Å². The molecule has 6 nitrogen and oxygen atoms in total. The molecular formula is C18H28ClN3O3. The van der Waals surface area contributed by atoms with E-state index in [0.717, 1.165) is 25.9 Å². The number of anilines is 1. The van der Waals surface area contributed by atoms with Crippen molar-refractivity contribution in [3.63, 3.8) is 0 Å². The quantitative estimate of drug-likeness (QED) is 0.773. The van der Waals surface area contributed by atoms with Crippen molar-refractivity contribution in [2.75, 3.05) is 31.6 Å². The second kappa shape index (κ2) is 10.9. The van der Waals surface area contributed by atoms with E-state index in [1.54, 1.807) is 18.2 Å². The molecule has 0 spiro atoms. The molecular weight excluding hydrogens is 342 g/mol. The molecule has 1 aliphatic rings. The van der Waals surface area contributed by atoms with Crippen LogP contribution in [0, 0.1) is 0 Å². The normalized spacial score (nSPS) is 13.8. The zero-order chi connectivity index (χ0) is 17.4. The number of carbonyl (C=O) groups is 2. The Morgan fingerprint density at radius 2 is 1.96 bits per heavy atom. The highest BCUT2D eigenvalue weighted by molar-refractivity contribution is 5.98. The van der Waals surface area contributed by atoms with Gasteiger partial charge >= 0.3 is 0 Å². The Morgan fingerprint density at radius 1 is 1.24 bits per heavy atom. The lowest BCUT2D eigenvalue weighted by molar-refractivity contribution is -0.116. The number of halogens is 1. The second-order valence-corrected chi connectivity index (χ2v) is 5.94. The van der Waals surface area contributed by atoms with Gasteiger partial charge in [0, 0.05) is 25.1 Å². The van der Waals surface area contributed by atoms with E-state index in [1.807, 2.05) is 11.8 Å². The van der Waals surface area contributed by atoms with Crippen LogP contribution in [0.15, 0.2) is 18.2 Å². The molecule has 1 aromatic rings. The first-order valence-corrected chi connectivity index (χ1v) is 8.71. The van der Waals surface area contributed by atoms with E-state index in [1.165, 1.54) is 6.42 Å². The molecule has 0 aromatic heterocycles. The van der Waals surface area contributed by atoms with E-state index >= 15 is 0 Å². The Balaban J connectivity index is 0.00000312. The molecule has 2 amide bonds. The van der Waals surface area contributed by atoms with Gasteiger partial charge in [-0.1, -0.05) is 0 Å². The monoisotopic (exact) mass is 369 g/mol. The molecule has 0 aliphatic carbocycles. The van der Waals surface area contributed by atoms with Gasteiger partial charge in [-0.25, -0.2) is 0 Å². The number of nitrogens with two attached hydrogens (primary N) is 1. The van der Waals surface area contributed by atoms with E-state index in [4.69, 9.17) is 10.5 Å². The number of hydrogen-bond acceptors (Lipinski definition) is 4. The van der Waals surface area contributed by atoms with Gasteiger partial charge in [-0.2, -0.15) is 0 Å².